The van der Waals surface area contributed by atoms with Gasteiger partial charge in [-0.2, -0.15) is 0 Å². The van der Waals surface area contributed by atoms with Crippen molar-refractivity contribution >= 4 is 12.2 Å². The van der Waals surface area contributed by atoms with E-state index in [4.69, 9.17) is 18.9 Å². The topological polar surface area (TPSA) is 119 Å². The maximum absolute atomic E-state index is 12.5. The molecule has 2 aliphatic rings. The molecule has 190 valence electrons. The van der Waals surface area contributed by atoms with E-state index in [2.05, 4.69) is 10.6 Å². The average molecular weight is 480 g/mol. The van der Waals surface area contributed by atoms with Crippen molar-refractivity contribution in [1.29, 1.82) is 0 Å². The van der Waals surface area contributed by atoms with Gasteiger partial charge >= 0.3 is 12.2 Å². The molecular weight excluding hydrogens is 442 g/mol. The molecule has 2 fully saturated rings. The highest BCUT2D eigenvalue weighted by Gasteiger charge is 2.42. The fourth-order valence-corrected chi connectivity index (χ4v) is 4.18. The molecule has 1 aromatic rings. The lowest BCUT2D eigenvalue weighted by molar-refractivity contribution is -0.0823. The van der Waals surface area contributed by atoms with E-state index >= 15 is 0 Å². The number of methoxy groups -OCH3 is 1. The zero-order valence-corrected chi connectivity index (χ0v) is 20.6. The van der Waals surface area contributed by atoms with Crippen LogP contribution in [0.15, 0.2) is 24.3 Å². The molecular formula is C24H37N3O7. The van der Waals surface area contributed by atoms with Crippen LogP contribution in [0.2, 0.25) is 0 Å². The molecule has 1 amide bonds. The zero-order valence-electron chi connectivity index (χ0n) is 20.6. The number of amides is 1. The summed E-state index contributed by atoms with van der Waals surface area (Å²) in [4.78, 5) is 26.8. The van der Waals surface area contributed by atoms with Crippen molar-refractivity contribution in [3.05, 3.63) is 29.8 Å². The van der Waals surface area contributed by atoms with Crippen LogP contribution in [-0.4, -0.2) is 91.5 Å². The summed E-state index contributed by atoms with van der Waals surface area (Å²) in [5.74, 6) is 0.755. The summed E-state index contributed by atoms with van der Waals surface area (Å²) in [5, 5.41) is 15.9. The number of ether oxygens (including phenoxy) is 4. The number of nitrogens with zero attached hydrogens (tertiary/aromatic N) is 1. The maximum atomic E-state index is 12.5. The van der Waals surface area contributed by atoms with Gasteiger partial charge < -0.3 is 34.7 Å². The van der Waals surface area contributed by atoms with Gasteiger partial charge in [0.15, 0.2) is 12.2 Å². The summed E-state index contributed by atoms with van der Waals surface area (Å²) in [6.07, 6.45) is -2.20. The van der Waals surface area contributed by atoms with Crippen LogP contribution in [0.4, 0.5) is 9.59 Å². The first-order valence-electron chi connectivity index (χ1n) is 11.6. The minimum absolute atomic E-state index is 0.253. The smallest absolute Gasteiger partial charge is 0.497 e. The lowest BCUT2D eigenvalue weighted by Gasteiger charge is -2.44. The number of likely N-dealkylation sites (tertiary alicyclic amines) is 1. The van der Waals surface area contributed by atoms with Gasteiger partial charge in [0.25, 0.3) is 0 Å². The van der Waals surface area contributed by atoms with Crippen LogP contribution in [0, 0.1) is 0 Å². The average Bonchev–Trinajstić information content (AvgIpc) is 3.06. The van der Waals surface area contributed by atoms with E-state index in [1.165, 1.54) is 0 Å². The Balaban J connectivity index is 1.58. The van der Waals surface area contributed by atoms with Crippen molar-refractivity contribution < 1.29 is 33.6 Å². The normalized spacial score (nSPS) is 24.1. The molecule has 3 N–H and O–H groups in total. The molecule has 2 saturated heterocycles. The first kappa shape index (κ1) is 26.1. The van der Waals surface area contributed by atoms with Crippen LogP contribution in [0.3, 0.4) is 0 Å². The summed E-state index contributed by atoms with van der Waals surface area (Å²) in [7, 11) is 1.61. The van der Waals surface area contributed by atoms with E-state index < -0.39 is 35.7 Å². The number of carbonyl (C=O) groups excluding carboxylic acids is 2. The van der Waals surface area contributed by atoms with Crippen molar-refractivity contribution in [2.24, 2.45) is 0 Å². The zero-order chi connectivity index (χ0) is 24.9. The molecule has 0 aliphatic carbocycles. The van der Waals surface area contributed by atoms with Gasteiger partial charge in [-0.25, -0.2) is 9.59 Å². The first-order chi connectivity index (χ1) is 15.9. The molecule has 0 radical (unpaired) electrons. The molecule has 2 aliphatic heterocycles. The summed E-state index contributed by atoms with van der Waals surface area (Å²) < 4.78 is 21.7. The Morgan fingerprint density at radius 3 is 2.47 bits per heavy atom. The summed E-state index contributed by atoms with van der Waals surface area (Å²) in [5.41, 5.74) is -0.326. The van der Waals surface area contributed by atoms with Gasteiger partial charge in [-0.1, -0.05) is 12.1 Å². The third-order valence-corrected chi connectivity index (χ3v) is 5.66. The van der Waals surface area contributed by atoms with E-state index in [1.54, 1.807) is 34.8 Å². The number of hydrogen-bond donors (Lipinski definition) is 3. The lowest BCUT2D eigenvalue weighted by Crippen LogP contribution is -2.61. The van der Waals surface area contributed by atoms with Gasteiger partial charge in [-0.15, -0.1) is 0 Å². The standard InChI is InChI=1S/C24H37N3O7/c1-23(2,3)34-22(29)32-19-13-26-18(12-16-6-8-17(31-5)9-7-16)20(19)33-21(28)25-10-11-27-14-24(4,30)15-27/h6-9,18-20,26,30H,10-15H2,1-5H3,(H,25,28)/t18-,19+,20+/m1/s1. The summed E-state index contributed by atoms with van der Waals surface area (Å²) >= 11 is 0. The number of rotatable bonds is 8. The van der Waals surface area contributed by atoms with Crippen LogP contribution in [0.1, 0.15) is 33.3 Å². The first-order valence-corrected chi connectivity index (χ1v) is 11.6. The molecule has 0 unspecified atom stereocenters. The van der Waals surface area contributed by atoms with Crippen LogP contribution in [-0.2, 0) is 20.6 Å². The van der Waals surface area contributed by atoms with E-state index in [0.29, 0.717) is 39.1 Å². The molecule has 0 saturated carbocycles. The Kier molecular flexibility index (Phi) is 8.27. The Morgan fingerprint density at radius 2 is 1.88 bits per heavy atom. The number of alkyl carbamates (subject to hydrolysis) is 1. The van der Waals surface area contributed by atoms with Crippen molar-refractivity contribution in [3.63, 3.8) is 0 Å². The summed E-state index contributed by atoms with van der Waals surface area (Å²) in [6, 6.07) is 7.38. The van der Waals surface area contributed by atoms with Gasteiger partial charge in [-0.3, -0.25) is 4.90 Å². The van der Waals surface area contributed by atoms with Gasteiger partial charge in [0.2, 0.25) is 0 Å². The second kappa shape index (κ2) is 10.8. The molecule has 34 heavy (non-hydrogen) atoms. The number of aliphatic hydroxyl groups is 1. The van der Waals surface area contributed by atoms with Gasteiger partial charge in [0, 0.05) is 32.7 Å². The monoisotopic (exact) mass is 479 g/mol. The highest BCUT2D eigenvalue weighted by Crippen LogP contribution is 2.23. The third-order valence-electron chi connectivity index (χ3n) is 5.66. The molecule has 0 aromatic heterocycles. The molecule has 0 spiro atoms. The van der Waals surface area contributed by atoms with Crippen molar-refractivity contribution in [2.75, 3.05) is 39.8 Å². The molecule has 0 bridgehead atoms. The molecule has 3 atom stereocenters. The highest BCUT2D eigenvalue weighted by molar-refractivity contribution is 5.67. The van der Waals surface area contributed by atoms with Gasteiger partial charge in [0.1, 0.15) is 11.4 Å². The van der Waals surface area contributed by atoms with E-state index in [9.17, 15) is 14.7 Å². The van der Waals surface area contributed by atoms with Gasteiger partial charge in [-0.05, 0) is 51.8 Å². The number of benzene rings is 1. The molecule has 1 aromatic carbocycles. The SMILES string of the molecule is COc1ccc(C[C@H]2NC[C@H](OC(=O)OC(C)(C)C)[C@H]2OC(=O)NCCN2CC(C)(O)C2)cc1. The van der Waals surface area contributed by atoms with Crippen LogP contribution in [0.25, 0.3) is 0 Å². The second-order valence-corrected chi connectivity index (χ2v) is 10.2. The fourth-order valence-electron chi connectivity index (χ4n) is 4.18. The van der Waals surface area contributed by atoms with Crippen molar-refractivity contribution in [3.8, 4) is 5.75 Å². The van der Waals surface area contributed by atoms with Crippen LogP contribution >= 0.6 is 0 Å². The van der Waals surface area contributed by atoms with Crippen LogP contribution in [0.5, 0.6) is 5.75 Å². The highest BCUT2D eigenvalue weighted by atomic mass is 16.7. The Morgan fingerprint density at radius 1 is 1.21 bits per heavy atom. The predicted octanol–water partition coefficient (Wildman–Crippen LogP) is 1.69. The van der Waals surface area contributed by atoms with Crippen molar-refractivity contribution in [1.82, 2.24) is 15.5 Å². The lowest BCUT2D eigenvalue weighted by atomic mass is 9.97. The Bertz CT molecular complexity index is 830. The fraction of sp³-hybridized carbons (Fsp3) is 0.667. The molecule has 10 nitrogen and oxygen atoms in total. The molecule has 10 heteroatoms. The number of carbonyl (C=O) groups is 2. The quantitative estimate of drug-likeness (QED) is 0.479. The van der Waals surface area contributed by atoms with Crippen LogP contribution < -0.4 is 15.4 Å². The molecule has 3 rings (SSSR count). The van der Waals surface area contributed by atoms with E-state index in [1.807, 2.05) is 29.2 Å². The maximum Gasteiger partial charge on any atom is 0.509 e. The largest absolute Gasteiger partial charge is 0.509 e. The number of nitrogens with one attached hydrogen (secondary N) is 2. The van der Waals surface area contributed by atoms with Gasteiger partial charge in [0.05, 0.1) is 18.8 Å². The van der Waals surface area contributed by atoms with Crippen molar-refractivity contribution in [2.45, 2.75) is 63.6 Å². The second-order valence-electron chi connectivity index (χ2n) is 10.2. The minimum Gasteiger partial charge on any atom is -0.497 e. The predicted molar refractivity (Wildman–Crippen MR) is 125 cm³/mol. The van der Waals surface area contributed by atoms with E-state index in [0.717, 1.165) is 11.3 Å². The Hall–Kier alpha value is -2.56. The molecule has 2 heterocycles. The Labute approximate surface area is 200 Å². The summed E-state index contributed by atoms with van der Waals surface area (Å²) in [6.45, 7) is 9.54. The number of hydrogen-bond acceptors (Lipinski definition) is 9. The number of β-amino-alcohol motifs (C(OH)–C–C–N with tert-alkyl or cyclic N) is 1. The van der Waals surface area contributed by atoms with E-state index in [-0.39, 0.29) is 6.04 Å². The third kappa shape index (κ3) is 7.75. The minimum atomic E-state index is -0.803.